The summed E-state index contributed by atoms with van der Waals surface area (Å²) in [5, 5.41) is 11.9. The number of carboxylic acid groups (broad SMARTS) is 1. The third-order valence-electron chi connectivity index (χ3n) is 2.34. The van der Waals surface area contributed by atoms with E-state index in [1.165, 1.54) is 12.1 Å². The van der Waals surface area contributed by atoms with Gasteiger partial charge in [-0.05, 0) is 45.9 Å². The minimum atomic E-state index is -1.11. The van der Waals surface area contributed by atoms with Crippen LogP contribution in [0.2, 0.25) is 0 Å². The first-order chi connectivity index (χ1) is 9.10. The smallest absolute Gasteiger partial charge is 0.339 e. The number of carbonyl (C=O) groups excluding carboxylic acids is 1. The fourth-order valence-corrected chi connectivity index (χ4v) is 1.85. The molecule has 0 aromatic heterocycles. The van der Waals surface area contributed by atoms with Crippen LogP contribution in [0.1, 0.15) is 38.1 Å². The van der Waals surface area contributed by atoms with Crippen molar-refractivity contribution in [1.29, 1.82) is 0 Å². The summed E-state index contributed by atoms with van der Waals surface area (Å²) in [5.41, 5.74) is -0.362. The maximum atomic E-state index is 11.9. The molecular formula is C14H18BrNO4. The van der Waals surface area contributed by atoms with Crippen molar-refractivity contribution in [1.82, 2.24) is 5.32 Å². The Morgan fingerprint density at radius 3 is 2.45 bits per heavy atom. The van der Waals surface area contributed by atoms with Crippen LogP contribution in [0.3, 0.4) is 0 Å². The molecule has 5 nitrogen and oxygen atoms in total. The van der Waals surface area contributed by atoms with Crippen molar-refractivity contribution in [2.24, 2.45) is 0 Å². The highest BCUT2D eigenvalue weighted by Gasteiger charge is 2.22. The molecule has 0 bridgehead atoms. The Morgan fingerprint density at radius 1 is 1.35 bits per heavy atom. The molecule has 110 valence electrons. The number of carboxylic acids is 1. The average molecular weight is 344 g/mol. The van der Waals surface area contributed by atoms with E-state index in [2.05, 4.69) is 21.2 Å². The number of amides is 1. The Kier molecular flexibility index (Phi) is 5.16. The van der Waals surface area contributed by atoms with Crippen LogP contribution in [0.4, 0.5) is 0 Å². The van der Waals surface area contributed by atoms with Gasteiger partial charge in [0, 0.05) is 10.0 Å². The second kappa shape index (κ2) is 6.26. The van der Waals surface area contributed by atoms with Gasteiger partial charge in [-0.2, -0.15) is 0 Å². The monoisotopic (exact) mass is 343 g/mol. The molecule has 0 aliphatic heterocycles. The number of hydrogen-bond acceptors (Lipinski definition) is 3. The molecule has 2 N–H and O–H groups in total. The van der Waals surface area contributed by atoms with E-state index in [0.29, 0.717) is 4.47 Å². The number of ether oxygens (including phenoxy) is 1. The summed E-state index contributed by atoms with van der Waals surface area (Å²) >= 11 is 3.20. The summed E-state index contributed by atoms with van der Waals surface area (Å²) in [6.45, 7) is 7.16. The predicted octanol–water partition coefficient (Wildman–Crippen LogP) is 2.83. The fraction of sp³-hybridized carbons (Fsp3) is 0.429. The molecule has 0 aliphatic carbocycles. The molecule has 1 rings (SSSR count). The highest BCUT2D eigenvalue weighted by atomic mass is 79.9. The van der Waals surface area contributed by atoms with Gasteiger partial charge in [-0.3, -0.25) is 4.79 Å². The number of aromatic carboxylic acids is 1. The lowest BCUT2D eigenvalue weighted by Crippen LogP contribution is -2.46. The second-order valence-electron chi connectivity index (χ2n) is 5.44. The lowest BCUT2D eigenvalue weighted by Gasteiger charge is -2.24. The van der Waals surface area contributed by atoms with E-state index in [9.17, 15) is 9.59 Å². The van der Waals surface area contributed by atoms with Crippen molar-refractivity contribution in [3.63, 3.8) is 0 Å². The zero-order valence-electron chi connectivity index (χ0n) is 11.9. The summed E-state index contributed by atoms with van der Waals surface area (Å²) in [4.78, 5) is 23.1. The molecular weight excluding hydrogens is 326 g/mol. The maximum Gasteiger partial charge on any atom is 0.339 e. The highest BCUT2D eigenvalue weighted by Crippen LogP contribution is 2.24. The zero-order chi connectivity index (χ0) is 15.5. The van der Waals surface area contributed by atoms with E-state index < -0.39 is 12.1 Å². The molecule has 0 saturated carbocycles. The van der Waals surface area contributed by atoms with Gasteiger partial charge < -0.3 is 15.2 Å². The van der Waals surface area contributed by atoms with Crippen LogP contribution < -0.4 is 10.1 Å². The second-order valence-corrected chi connectivity index (χ2v) is 6.36. The summed E-state index contributed by atoms with van der Waals surface area (Å²) < 4.78 is 6.09. The van der Waals surface area contributed by atoms with Gasteiger partial charge in [-0.1, -0.05) is 15.9 Å². The van der Waals surface area contributed by atoms with Gasteiger partial charge in [0.05, 0.1) is 0 Å². The molecule has 0 radical (unpaired) electrons. The van der Waals surface area contributed by atoms with Crippen molar-refractivity contribution in [3.8, 4) is 5.75 Å². The molecule has 6 heteroatoms. The SMILES string of the molecule is CC(Oc1ccc(Br)cc1C(=O)O)C(=O)NC(C)(C)C. The number of nitrogens with one attached hydrogen (secondary N) is 1. The van der Waals surface area contributed by atoms with Crippen LogP contribution in [-0.4, -0.2) is 28.6 Å². The van der Waals surface area contributed by atoms with Gasteiger partial charge in [-0.25, -0.2) is 4.79 Å². The van der Waals surface area contributed by atoms with Gasteiger partial charge in [0.25, 0.3) is 5.91 Å². The van der Waals surface area contributed by atoms with Gasteiger partial charge in [0.2, 0.25) is 0 Å². The first-order valence-corrected chi connectivity index (χ1v) is 6.91. The Hall–Kier alpha value is -1.56. The molecule has 0 aliphatic rings. The van der Waals surface area contributed by atoms with Crippen molar-refractivity contribution in [3.05, 3.63) is 28.2 Å². The minimum Gasteiger partial charge on any atom is -0.480 e. The summed E-state index contributed by atoms with van der Waals surface area (Å²) in [6, 6.07) is 4.62. The van der Waals surface area contributed by atoms with Crippen LogP contribution in [0.5, 0.6) is 5.75 Å². The number of benzene rings is 1. The first-order valence-electron chi connectivity index (χ1n) is 6.11. The normalized spacial score (nSPS) is 12.7. The zero-order valence-corrected chi connectivity index (χ0v) is 13.4. The van der Waals surface area contributed by atoms with Crippen molar-refractivity contribution in [2.75, 3.05) is 0 Å². The van der Waals surface area contributed by atoms with Gasteiger partial charge in [0.1, 0.15) is 11.3 Å². The molecule has 1 amide bonds. The Bertz CT molecular complexity index is 522. The molecule has 1 aromatic carbocycles. The topological polar surface area (TPSA) is 75.6 Å². The molecule has 0 saturated heterocycles. The molecule has 1 unspecified atom stereocenters. The molecule has 1 atom stereocenters. The van der Waals surface area contributed by atoms with Gasteiger partial charge in [-0.15, -0.1) is 0 Å². The maximum absolute atomic E-state index is 11.9. The van der Waals surface area contributed by atoms with Gasteiger partial charge in [0.15, 0.2) is 6.10 Å². The molecule has 0 spiro atoms. The van der Waals surface area contributed by atoms with E-state index in [4.69, 9.17) is 9.84 Å². The molecule has 1 aromatic rings. The minimum absolute atomic E-state index is 0.00906. The van der Waals surface area contributed by atoms with Crippen LogP contribution in [-0.2, 0) is 4.79 Å². The third kappa shape index (κ3) is 4.85. The van der Waals surface area contributed by atoms with Crippen molar-refractivity contribution < 1.29 is 19.4 Å². The van der Waals surface area contributed by atoms with E-state index in [-0.39, 0.29) is 22.8 Å². The third-order valence-corrected chi connectivity index (χ3v) is 2.84. The summed E-state index contributed by atoms with van der Waals surface area (Å²) in [6.07, 6.45) is -0.784. The lowest BCUT2D eigenvalue weighted by atomic mass is 10.1. The van der Waals surface area contributed by atoms with Crippen LogP contribution in [0.15, 0.2) is 22.7 Å². The number of hydrogen-bond donors (Lipinski definition) is 2. The van der Waals surface area contributed by atoms with E-state index in [0.717, 1.165) is 0 Å². The Morgan fingerprint density at radius 2 is 1.95 bits per heavy atom. The van der Waals surface area contributed by atoms with E-state index in [1.807, 2.05) is 20.8 Å². The lowest BCUT2D eigenvalue weighted by molar-refractivity contribution is -0.128. The van der Waals surface area contributed by atoms with Gasteiger partial charge >= 0.3 is 5.97 Å². The van der Waals surface area contributed by atoms with Crippen molar-refractivity contribution in [2.45, 2.75) is 39.3 Å². The molecule has 0 heterocycles. The Balaban J connectivity index is 2.88. The summed E-state index contributed by atoms with van der Waals surface area (Å²) in [7, 11) is 0. The van der Waals surface area contributed by atoms with Crippen LogP contribution in [0.25, 0.3) is 0 Å². The highest BCUT2D eigenvalue weighted by molar-refractivity contribution is 9.10. The first kappa shape index (κ1) is 16.5. The quantitative estimate of drug-likeness (QED) is 0.881. The van der Waals surface area contributed by atoms with Crippen LogP contribution in [0, 0.1) is 0 Å². The summed E-state index contributed by atoms with van der Waals surface area (Å²) in [5.74, 6) is -1.24. The average Bonchev–Trinajstić information content (AvgIpc) is 2.28. The van der Waals surface area contributed by atoms with Crippen molar-refractivity contribution >= 4 is 27.8 Å². The number of halogens is 1. The largest absolute Gasteiger partial charge is 0.480 e. The number of rotatable bonds is 4. The van der Waals surface area contributed by atoms with E-state index >= 15 is 0 Å². The Labute approximate surface area is 126 Å². The number of carbonyl (C=O) groups is 2. The molecule has 0 fully saturated rings. The van der Waals surface area contributed by atoms with E-state index in [1.54, 1.807) is 13.0 Å². The fourth-order valence-electron chi connectivity index (χ4n) is 1.49. The van der Waals surface area contributed by atoms with Crippen LogP contribution >= 0.6 is 15.9 Å². The standard InChI is InChI=1S/C14H18BrNO4/c1-8(12(17)16-14(2,3)4)20-11-6-5-9(15)7-10(11)13(18)19/h5-8H,1-4H3,(H,16,17)(H,18,19). The predicted molar refractivity (Wildman–Crippen MR) is 79.1 cm³/mol. The molecule has 20 heavy (non-hydrogen) atoms.